The molecule has 0 spiro atoms. The van der Waals surface area contributed by atoms with Gasteiger partial charge in [-0.25, -0.2) is 44.9 Å². The summed E-state index contributed by atoms with van der Waals surface area (Å²) in [5.41, 5.74) is 17.1. The van der Waals surface area contributed by atoms with Crippen LogP contribution in [-0.2, 0) is 0 Å². The number of thiophene rings is 3. The fraction of sp³-hybridized carbons (Fsp3) is 0. The lowest BCUT2D eigenvalue weighted by molar-refractivity contribution is 1.20. The lowest BCUT2D eigenvalue weighted by Gasteiger charge is -2.25. The normalized spacial score (nSPS) is 11.8. The first kappa shape index (κ1) is 76.4. The number of benzene rings is 19. The van der Waals surface area contributed by atoms with E-state index in [-0.39, 0.29) is 0 Å². The van der Waals surface area contributed by atoms with E-state index in [0.717, 1.165) is 176 Å². The van der Waals surface area contributed by atoms with E-state index >= 15 is 0 Å². The standard InChI is InChI=1S/C45H28N4S.2C37H21N3S/c1-3-13-30(14-4-1)49(31-15-5-2-6-16-31)32-25-23-29(24-26-32)43-36-20-9-11-21-39(36)47-45(48-43)44-35-19-8-7-17-33(35)37-27-38-34-18-10-12-22-41(34)50-42(38)28-40(37)46-44;1-2-10-23-19-24(18-17-22(23)9-1)35-28-14-5-7-15-31(28)39-37(40-35)36-27-13-4-3-11-25(27)29-20-30-26-12-6-8-16-33(26)41-34(30)21-32(29)38-36;1-2-11-23(12-3-1)34-28-19-18-22-10-4-5-13-24(22)35(28)40-37(39-34)36-27-16-7-6-14-25(27)29-20-30-26-15-8-9-17-32(26)41-33(30)21-31(29)38-36/h1-28H;2*1-21H. The Labute approximate surface area is 767 Å². The highest BCUT2D eigenvalue weighted by Gasteiger charge is 2.25. The molecule has 132 heavy (non-hydrogen) atoms. The van der Waals surface area contributed by atoms with Crippen molar-refractivity contribution in [1.82, 2.24) is 44.9 Å². The molecule has 614 valence electrons. The van der Waals surface area contributed by atoms with E-state index < -0.39 is 0 Å². The van der Waals surface area contributed by atoms with Crippen molar-refractivity contribution in [3.8, 4) is 68.3 Å². The number of rotatable bonds is 9. The van der Waals surface area contributed by atoms with Gasteiger partial charge in [-0.3, -0.25) is 0 Å². The van der Waals surface area contributed by atoms with Crippen LogP contribution in [0.1, 0.15) is 0 Å². The summed E-state index contributed by atoms with van der Waals surface area (Å²) in [4.78, 5) is 49.4. The van der Waals surface area contributed by atoms with Crippen LogP contribution >= 0.6 is 34.0 Å². The number of hydrogen-bond acceptors (Lipinski definition) is 13. The van der Waals surface area contributed by atoms with Crippen LogP contribution in [0.4, 0.5) is 17.1 Å². The Morgan fingerprint density at radius 2 is 0.477 bits per heavy atom. The molecule has 0 aliphatic heterocycles. The SMILES string of the molecule is c1ccc(-c2nc(-c3nc4cc5sc6ccccc6c5cc4c4ccccc34)nc3c2ccc2ccccc23)cc1.c1ccc(N(c2ccccc2)c2ccc(-c3nc(-c4nc5cc6sc7ccccc7c6cc5c5ccccc45)nc4ccccc34)cc2)cc1.c1ccc2cc(-c3nc(-c4nc5cc6sc7ccccc7c6cc5c5ccccc45)nc4ccccc34)ccc2c1. The first-order valence-corrected chi connectivity index (χ1v) is 46.6. The predicted octanol–water partition coefficient (Wildman–Crippen LogP) is 32.9. The number of aromatic nitrogens is 9. The number of nitrogens with zero attached hydrogens (tertiary/aromatic N) is 10. The van der Waals surface area contributed by atoms with Gasteiger partial charge >= 0.3 is 0 Å². The van der Waals surface area contributed by atoms with Crippen LogP contribution in [0.5, 0.6) is 0 Å². The smallest absolute Gasteiger partial charge is 0.180 e. The summed E-state index contributed by atoms with van der Waals surface area (Å²) in [5, 5.41) is 25.5. The molecule has 0 fully saturated rings. The van der Waals surface area contributed by atoms with Gasteiger partial charge in [0.15, 0.2) is 17.5 Å². The zero-order valence-electron chi connectivity index (χ0n) is 70.6. The number of para-hydroxylation sites is 4. The third-order valence-electron chi connectivity index (χ3n) is 25.5. The molecule has 0 unspecified atom stereocenters. The Bertz CT molecular complexity index is 9540. The fourth-order valence-electron chi connectivity index (χ4n) is 19.3. The number of anilines is 3. The van der Waals surface area contributed by atoms with Crippen molar-refractivity contribution in [2.24, 2.45) is 0 Å². The molecule has 0 N–H and O–H groups in total. The maximum atomic E-state index is 5.31. The first-order valence-electron chi connectivity index (χ1n) is 44.1. The summed E-state index contributed by atoms with van der Waals surface area (Å²) >= 11 is 5.44. The van der Waals surface area contributed by atoms with Gasteiger partial charge in [-0.1, -0.05) is 309 Å². The highest BCUT2D eigenvalue weighted by Crippen LogP contribution is 2.47. The molecule has 0 amide bonds. The lowest BCUT2D eigenvalue weighted by atomic mass is 10.00. The molecule has 0 aliphatic carbocycles. The third kappa shape index (κ3) is 13.1. The molecule has 9 heterocycles. The number of pyridine rings is 3. The van der Waals surface area contributed by atoms with Gasteiger partial charge in [0.1, 0.15) is 17.1 Å². The van der Waals surface area contributed by atoms with E-state index in [0.29, 0.717) is 17.5 Å². The lowest BCUT2D eigenvalue weighted by Crippen LogP contribution is -2.09. The van der Waals surface area contributed by atoms with Crippen LogP contribution in [0.2, 0.25) is 0 Å². The summed E-state index contributed by atoms with van der Waals surface area (Å²) < 4.78 is 7.57. The molecule has 28 aromatic rings. The Hall–Kier alpha value is -16.8. The Balaban J connectivity index is 0.000000104. The summed E-state index contributed by atoms with van der Waals surface area (Å²) in [6.45, 7) is 0. The molecular formula is C119H70N10S3. The molecule has 0 saturated heterocycles. The molecule has 0 atom stereocenters. The van der Waals surface area contributed by atoms with Crippen molar-refractivity contribution in [3.05, 3.63) is 425 Å². The van der Waals surface area contributed by atoms with Gasteiger partial charge in [0.25, 0.3) is 0 Å². The van der Waals surface area contributed by atoms with Gasteiger partial charge in [-0.2, -0.15) is 0 Å². The van der Waals surface area contributed by atoms with Crippen LogP contribution in [0.25, 0.3) is 248 Å². The molecule has 0 aliphatic rings. The average molecular weight is 1740 g/mol. The summed E-state index contributed by atoms with van der Waals surface area (Å²) in [6, 6.07) is 149. The van der Waals surface area contributed by atoms with Gasteiger partial charge in [0.05, 0.1) is 50.2 Å². The van der Waals surface area contributed by atoms with Crippen molar-refractivity contribution >= 4 is 231 Å². The van der Waals surface area contributed by atoms with Crippen molar-refractivity contribution in [3.63, 3.8) is 0 Å². The van der Waals surface area contributed by atoms with Crippen molar-refractivity contribution in [2.45, 2.75) is 0 Å². The van der Waals surface area contributed by atoms with Gasteiger partial charge in [0.2, 0.25) is 0 Å². The minimum absolute atomic E-state index is 0.618. The van der Waals surface area contributed by atoms with Gasteiger partial charge in [-0.05, 0) is 148 Å². The highest BCUT2D eigenvalue weighted by molar-refractivity contribution is 7.26. The Morgan fingerprint density at radius 1 is 0.152 bits per heavy atom. The van der Waals surface area contributed by atoms with Gasteiger partial charge in [-0.15, -0.1) is 34.0 Å². The quantitative estimate of drug-likeness (QED) is 0.129. The maximum absolute atomic E-state index is 5.31. The topological polar surface area (TPSA) is 119 Å². The number of hydrogen-bond donors (Lipinski definition) is 0. The monoisotopic (exact) mass is 1730 g/mol. The average Bonchev–Trinajstić information content (AvgIpc) is 1.44. The number of fused-ring (bicyclic) bond motifs is 24. The molecule has 0 radical (unpaired) electrons. The zero-order chi connectivity index (χ0) is 86.9. The van der Waals surface area contributed by atoms with Crippen molar-refractivity contribution < 1.29 is 0 Å². The second kappa shape index (κ2) is 31.6. The molecule has 0 saturated carbocycles. The molecular weight excluding hydrogens is 1670 g/mol. The summed E-state index contributed by atoms with van der Waals surface area (Å²) in [5.74, 6) is 1.90. The second-order valence-electron chi connectivity index (χ2n) is 33.3. The molecule has 0 bridgehead atoms. The minimum atomic E-state index is 0.618. The predicted molar refractivity (Wildman–Crippen MR) is 558 cm³/mol. The maximum Gasteiger partial charge on any atom is 0.180 e. The molecule has 28 rings (SSSR count). The first-order chi connectivity index (χ1) is 65.4. The van der Waals surface area contributed by atoms with E-state index in [1.165, 1.54) is 71.3 Å². The molecule has 10 nitrogen and oxygen atoms in total. The van der Waals surface area contributed by atoms with Gasteiger partial charge < -0.3 is 4.90 Å². The second-order valence-corrected chi connectivity index (χ2v) is 36.5. The molecule has 19 aromatic carbocycles. The largest absolute Gasteiger partial charge is 0.311 e. The van der Waals surface area contributed by atoms with E-state index in [2.05, 4.69) is 399 Å². The van der Waals surface area contributed by atoms with Crippen LogP contribution in [-0.4, -0.2) is 44.9 Å². The third-order valence-corrected chi connectivity index (χ3v) is 28.9. The van der Waals surface area contributed by atoms with Crippen LogP contribution in [0.15, 0.2) is 425 Å². The van der Waals surface area contributed by atoms with E-state index in [9.17, 15) is 0 Å². The molecule has 13 heteroatoms. The van der Waals surface area contributed by atoms with E-state index in [1.807, 2.05) is 64.3 Å². The van der Waals surface area contributed by atoms with Crippen LogP contribution in [0.3, 0.4) is 0 Å². The van der Waals surface area contributed by atoms with Crippen molar-refractivity contribution in [2.75, 3.05) is 4.90 Å². The van der Waals surface area contributed by atoms with Crippen LogP contribution in [0, 0.1) is 0 Å². The Morgan fingerprint density at radius 3 is 0.939 bits per heavy atom. The Kier molecular flexibility index (Phi) is 18.3. The minimum Gasteiger partial charge on any atom is -0.311 e. The summed E-state index contributed by atoms with van der Waals surface area (Å²) in [6.07, 6.45) is 0. The van der Waals surface area contributed by atoms with Crippen LogP contribution < -0.4 is 4.90 Å². The molecule has 9 aromatic heterocycles. The highest BCUT2D eigenvalue weighted by atomic mass is 32.1. The fourth-order valence-corrected chi connectivity index (χ4v) is 22.7. The van der Waals surface area contributed by atoms with E-state index in [4.69, 9.17) is 44.9 Å². The zero-order valence-corrected chi connectivity index (χ0v) is 73.1. The van der Waals surface area contributed by atoms with Crippen molar-refractivity contribution in [1.29, 1.82) is 0 Å². The van der Waals surface area contributed by atoms with Gasteiger partial charge in [0, 0.05) is 148 Å². The summed E-state index contributed by atoms with van der Waals surface area (Å²) in [7, 11) is 0. The van der Waals surface area contributed by atoms with E-state index in [1.54, 1.807) is 0 Å².